The molecule has 0 radical (unpaired) electrons. The average molecular weight is 400 g/mol. The Morgan fingerprint density at radius 3 is 2.59 bits per heavy atom. The number of carbonyl (C=O) groups excluding carboxylic acids is 1. The van der Waals surface area contributed by atoms with Crippen LogP contribution in [0.1, 0.15) is 77.7 Å². The summed E-state index contributed by atoms with van der Waals surface area (Å²) >= 11 is 0. The molecule has 4 atom stereocenters. The van der Waals surface area contributed by atoms with Crippen LogP contribution >= 0.6 is 0 Å². The normalized spacial score (nSPS) is 32.5. The van der Waals surface area contributed by atoms with Crippen molar-refractivity contribution in [3.63, 3.8) is 0 Å². The molecular formula is C24H34FN3O. The Labute approximate surface area is 173 Å². The van der Waals surface area contributed by atoms with E-state index in [0.29, 0.717) is 12.5 Å². The van der Waals surface area contributed by atoms with Crippen LogP contribution in [-0.4, -0.2) is 29.3 Å². The van der Waals surface area contributed by atoms with Gasteiger partial charge < -0.3 is 5.32 Å². The molecule has 2 bridgehead atoms. The average Bonchev–Trinajstić information content (AvgIpc) is 3.26. The van der Waals surface area contributed by atoms with E-state index in [9.17, 15) is 9.18 Å². The molecule has 0 saturated heterocycles. The second-order valence-corrected chi connectivity index (χ2v) is 9.99. The van der Waals surface area contributed by atoms with Crippen molar-refractivity contribution in [1.29, 1.82) is 0 Å². The molecule has 1 aromatic carbocycles. The minimum atomic E-state index is -0.236. The standard InChI is InChI=1S/C24H34FN3O/c1-5-6-7-20-19(16-8-10-18(25)11-9-16)15-28(27-20)22(29)26-21-14-17-12-13-24(21,4)23(17,2)3/h8-11,17,19,21H,5-7,12-15H2,1-4H3,(H,26,29)/t17-,19?,21+,24+/m1/s1. The number of unbranched alkanes of at least 4 members (excludes halogenated alkanes) is 1. The molecular weight excluding hydrogens is 365 g/mol. The largest absolute Gasteiger partial charge is 0.338 e. The van der Waals surface area contributed by atoms with E-state index >= 15 is 0 Å². The maximum absolute atomic E-state index is 13.4. The van der Waals surface area contributed by atoms with Crippen LogP contribution < -0.4 is 5.32 Å². The third kappa shape index (κ3) is 3.36. The number of hydrazone groups is 1. The highest BCUT2D eigenvalue weighted by Gasteiger charge is 2.61. The highest BCUT2D eigenvalue weighted by Crippen LogP contribution is 2.65. The van der Waals surface area contributed by atoms with Crippen molar-refractivity contribution in [2.45, 2.75) is 78.2 Å². The Bertz CT molecular complexity index is 803. The molecule has 3 aliphatic rings. The van der Waals surface area contributed by atoms with Gasteiger partial charge in [-0.15, -0.1) is 0 Å². The lowest BCUT2D eigenvalue weighted by atomic mass is 9.69. The van der Waals surface area contributed by atoms with E-state index in [0.717, 1.165) is 37.0 Å². The van der Waals surface area contributed by atoms with Crippen LogP contribution in [0.5, 0.6) is 0 Å². The number of fused-ring (bicyclic) bond motifs is 2. The van der Waals surface area contributed by atoms with Gasteiger partial charge in [0, 0.05) is 17.7 Å². The maximum atomic E-state index is 13.4. The van der Waals surface area contributed by atoms with Gasteiger partial charge in [0.25, 0.3) is 0 Å². The number of nitrogens with zero attached hydrogens (tertiary/aromatic N) is 2. The summed E-state index contributed by atoms with van der Waals surface area (Å²) in [6, 6.07) is 6.76. The van der Waals surface area contributed by atoms with Gasteiger partial charge in [0.15, 0.2) is 0 Å². The van der Waals surface area contributed by atoms with E-state index in [2.05, 4.69) is 33.0 Å². The lowest BCUT2D eigenvalue weighted by Gasteiger charge is -2.39. The SMILES string of the molecule is CCCCC1=NN(C(=O)N[C@H]2C[C@H]3CC[C@]2(C)C3(C)C)CC1c1ccc(F)cc1. The van der Waals surface area contributed by atoms with Gasteiger partial charge in [0.05, 0.1) is 6.54 Å². The summed E-state index contributed by atoms with van der Waals surface area (Å²) in [6.45, 7) is 9.75. The molecule has 5 heteroatoms. The first-order valence-electron chi connectivity index (χ1n) is 11.2. The first-order chi connectivity index (χ1) is 13.8. The van der Waals surface area contributed by atoms with Crippen LogP contribution in [0.4, 0.5) is 9.18 Å². The van der Waals surface area contributed by atoms with Gasteiger partial charge in [-0.05, 0) is 66.5 Å². The van der Waals surface area contributed by atoms with Crippen molar-refractivity contribution in [3.05, 3.63) is 35.6 Å². The van der Waals surface area contributed by atoms with E-state index in [1.807, 2.05) is 12.1 Å². The Morgan fingerprint density at radius 2 is 2.00 bits per heavy atom. The highest BCUT2D eigenvalue weighted by molar-refractivity contribution is 5.94. The van der Waals surface area contributed by atoms with Gasteiger partial charge in [0.1, 0.15) is 5.82 Å². The van der Waals surface area contributed by atoms with E-state index in [-0.39, 0.29) is 34.6 Å². The number of carbonyl (C=O) groups is 1. The number of hydrogen-bond acceptors (Lipinski definition) is 2. The molecule has 1 aliphatic heterocycles. The monoisotopic (exact) mass is 399 g/mol. The minimum absolute atomic E-state index is 0.0555. The molecule has 1 heterocycles. The molecule has 4 nitrogen and oxygen atoms in total. The van der Waals surface area contributed by atoms with Gasteiger partial charge in [-0.25, -0.2) is 14.2 Å². The Morgan fingerprint density at radius 1 is 1.28 bits per heavy atom. The smallest absolute Gasteiger partial charge is 0.333 e. The summed E-state index contributed by atoms with van der Waals surface area (Å²) in [5.74, 6) is 0.507. The summed E-state index contributed by atoms with van der Waals surface area (Å²) < 4.78 is 13.4. The molecule has 2 saturated carbocycles. The number of urea groups is 1. The van der Waals surface area contributed by atoms with Crippen LogP contribution in [0, 0.1) is 22.6 Å². The molecule has 4 rings (SSSR count). The fourth-order valence-corrected chi connectivity index (χ4v) is 5.89. The van der Waals surface area contributed by atoms with Crippen LogP contribution in [-0.2, 0) is 0 Å². The number of rotatable bonds is 5. The van der Waals surface area contributed by atoms with Crippen molar-refractivity contribution in [2.75, 3.05) is 6.54 Å². The van der Waals surface area contributed by atoms with E-state index in [4.69, 9.17) is 5.10 Å². The molecule has 2 fully saturated rings. The third-order valence-electron chi connectivity index (χ3n) is 8.39. The van der Waals surface area contributed by atoms with Gasteiger partial charge in [-0.2, -0.15) is 5.10 Å². The Hall–Kier alpha value is -1.91. The van der Waals surface area contributed by atoms with Crippen molar-refractivity contribution < 1.29 is 9.18 Å². The molecule has 0 aromatic heterocycles. The predicted octanol–water partition coefficient (Wildman–Crippen LogP) is 5.70. The molecule has 29 heavy (non-hydrogen) atoms. The van der Waals surface area contributed by atoms with Gasteiger partial charge in [-0.3, -0.25) is 0 Å². The first-order valence-corrected chi connectivity index (χ1v) is 11.2. The van der Waals surface area contributed by atoms with E-state index < -0.39 is 0 Å². The second kappa shape index (κ2) is 7.41. The number of amides is 2. The van der Waals surface area contributed by atoms with Crippen molar-refractivity contribution in [1.82, 2.24) is 10.3 Å². The van der Waals surface area contributed by atoms with Crippen molar-refractivity contribution in [3.8, 4) is 0 Å². The van der Waals surface area contributed by atoms with E-state index in [1.54, 1.807) is 5.01 Å². The van der Waals surface area contributed by atoms with Crippen LogP contribution in [0.2, 0.25) is 0 Å². The lowest BCUT2D eigenvalue weighted by Crippen LogP contribution is -2.50. The Kier molecular flexibility index (Phi) is 5.20. The molecule has 0 spiro atoms. The summed E-state index contributed by atoms with van der Waals surface area (Å²) in [4.78, 5) is 13.1. The van der Waals surface area contributed by atoms with Gasteiger partial charge >= 0.3 is 6.03 Å². The molecule has 2 amide bonds. The number of halogens is 1. The quantitative estimate of drug-likeness (QED) is 0.679. The van der Waals surface area contributed by atoms with Crippen LogP contribution in [0.15, 0.2) is 29.4 Å². The molecule has 1 unspecified atom stereocenters. The Balaban J connectivity index is 1.49. The topological polar surface area (TPSA) is 44.7 Å². The molecule has 1 N–H and O–H groups in total. The predicted molar refractivity (Wildman–Crippen MR) is 114 cm³/mol. The van der Waals surface area contributed by atoms with Gasteiger partial charge in [0.2, 0.25) is 0 Å². The minimum Gasteiger partial charge on any atom is -0.333 e. The summed E-state index contributed by atoms with van der Waals surface area (Å²) in [6.07, 6.45) is 6.51. The fraction of sp³-hybridized carbons (Fsp3) is 0.667. The van der Waals surface area contributed by atoms with Crippen LogP contribution in [0.25, 0.3) is 0 Å². The highest BCUT2D eigenvalue weighted by atomic mass is 19.1. The maximum Gasteiger partial charge on any atom is 0.338 e. The number of benzene rings is 1. The van der Waals surface area contributed by atoms with Crippen LogP contribution in [0.3, 0.4) is 0 Å². The zero-order valence-electron chi connectivity index (χ0n) is 18.2. The zero-order valence-corrected chi connectivity index (χ0v) is 18.2. The first kappa shape index (κ1) is 20.4. The van der Waals surface area contributed by atoms with E-state index in [1.165, 1.54) is 25.0 Å². The zero-order chi connectivity index (χ0) is 20.8. The molecule has 158 valence electrons. The van der Waals surface area contributed by atoms with Crippen molar-refractivity contribution >= 4 is 11.7 Å². The number of nitrogens with one attached hydrogen (secondary N) is 1. The summed E-state index contributed by atoms with van der Waals surface area (Å²) in [7, 11) is 0. The van der Waals surface area contributed by atoms with Gasteiger partial charge in [-0.1, -0.05) is 46.2 Å². The second-order valence-electron chi connectivity index (χ2n) is 9.99. The summed E-state index contributed by atoms with van der Waals surface area (Å²) in [5, 5.41) is 9.65. The summed E-state index contributed by atoms with van der Waals surface area (Å²) in [5.41, 5.74) is 2.48. The fourth-order valence-electron chi connectivity index (χ4n) is 5.89. The number of hydrogen-bond donors (Lipinski definition) is 1. The third-order valence-corrected chi connectivity index (χ3v) is 8.39. The lowest BCUT2D eigenvalue weighted by molar-refractivity contribution is 0.118. The van der Waals surface area contributed by atoms with Crippen molar-refractivity contribution in [2.24, 2.45) is 21.8 Å². The molecule has 1 aromatic rings. The molecule has 2 aliphatic carbocycles.